The summed E-state index contributed by atoms with van der Waals surface area (Å²) in [5.41, 5.74) is 4.93. The minimum Gasteiger partial charge on any atom is -0.472 e. The van der Waals surface area contributed by atoms with E-state index in [1.807, 2.05) is 69.5 Å². The van der Waals surface area contributed by atoms with Crippen LogP contribution in [0.3, 0.4) is 0 Å². The Labute approximate surface area is 222 Å². The van der Waals surface area contributed by atoms with Crippen molar-refractivity contribution in [2.75, 3.05) is 11.6 Å². The van der Waals surface area contributed by atoms with Crippen molar-refractivity contribution in [1.29, 1.82) is 0 Å². The Morgan fingerprint density at radius 3 is 2.73 bits per heavy atom. The molecule has 1 atom stereocenters. The maximum Gasteiger partial charge on any atom is 0.412 e. The first-order chi connectivity index (χ1) is 17.7. The van der Waals surface area contributed by atoms with Crippen LogP contribution in [0.25, 0.3) is 0 Å². The summed E-state index contributed by atoms with van der Waals surface area (Å²) in [5, 5.41) is 3.57. The van der Waals surface area contributed by atoms with Gasteiger partial charge in [-0.3, -0.25) is 5.32 Å². The Bertz CT molecular complexity index is 1290. The largest absolute Gasteiger partial charge is 0.472 e. The van der Waals surface area contributed by atoms with Crippen molar-refractivity contribution in [1.82, 2.24) is 9.97 Å². The van der Waals surface area contributed by atoms with Crippen molar-refractivity contribution < 1.29 is 19.0 Å². The highest BCUT2D eigenvalue weighted by atomic mass is 32.2. The molecule has 1 N–H and O–H groups in total. The van der Waals surface area contributed by atoms with E-state index in [1.54, 1.807) is 0 Å². The van der Waals surface area contributed by atoms with Gasteiger partial charge >= 0.3 is 6.09 Å². The lowest BCUT2D eigenvalue weighted by Crippen LogP contribution is -2.40. The number of nitrogens with one attached hydrogen (secondary N) is 1. The van der Waals surface area contributed by atoms with Gasteiger partial charge in [0.15, 0.2) is 5.16 Å². The molecule has 1 aliphatic carbocycles. The van der Waals surface area contributed by atoms with Gasteiger partial charge < -0.3 is 14.2 Å². The first kappa shape index (κ1) is 25.5. The fourth-order valence-electron chi connectivity index (χ4n) is 5.00. The van der Waals surface area contributed by atoms with E-state index in [9.17, 15) is 4.79 Å². The number of carbonyl (C=O) groups excluding carboxylic acids is 1. The molecule has 0 bridgehead atoms. The summed E-state index contributed by atoms with van der Waals surface area (Å²) in [7, 11) is 0. The van der Waals surface area contributed by atoms with E-state index in [4.69, 9.17) is 19.2 Å². The van der Waals surface area contributed by atoms with E-state index in [0.29, 0.717) is 36.4 Å². The number of aromatic nitrogens is 2. The van der Waals surface area contributed by atoms with Crippen LogP contribution in [0.2, 0.25) is 0 Å². The van der Waals surface area contributed by atoms with Gasteiger partial charge in [-0.2, -0.15) is 4.98 Å². The number of aryl methyl sites for hydroxylation is 1. The molecule has 2 aliphatic rings. The summed E-state index contributed by atoms with van der Waals surface area (Å²) < 4.78 is 18.3. The number of nitrogens with zero attached hydrogens (tertiary/aromatic N) is 2. The standard InChI is InChI=1S/C29H33N3O4S/c1-28(2,3)36-27(33)30-21-13-12-20-11-8-14-29(23(20)15-21)16-24-22(18-35-29)25(32-26(31-24)37-4)34-17-19-9-6-5-7-10-19/h5-7,9-10,12-13,15H,8,11,14,16-18H2,1-4H3,(H,30,33). The number of hydrogen-bond donors (Lipinski definition) is 1. The van der Waals surface area contributed by atoms with Crippen molar-refractivity contribution in [2.24, 2.45) is 0 Å². The van der Waals surface area contributed by atoms with Gasteiger partial charge in [-0.15, -0.1) is 0 Å². The first-order valence-electron chi connectivity index (χ1n) is 12.6. The number of anilines is 1. The second-order valence-corrected chi connectivity index (χ2v) is 11.3. The maximum atomic E-state index is 12.4. The maximum absolute atomic E-state index is 12.4. The molecule has 1 aromatic heterocycles. The summed E-state index contributed by atoms with van der Waals surface area (Å²) in [6.07, 6.45) is 5.02. The molecule has 1 aliphatic heterocycles. The molecule has 0 saturated heterocycles. The van der Waals surface area contributed by atoms with Crippen LogP contribution < -0.4 is 10.1 Å². The highest BCUT2D eigenvalue weighted by Gasteiger charge is 2.43. The Hall–Kier alpha value is -3.10. The fourth-order valence-corrected chi connectivity index (χ4v) is 5.37. The highest BCUT2D eigenvalue weighted by Crippen LogP contribution is 2.46. The average Bonchev–Trinajstić information content (AvgIpc) is 2.87. The van der Waals surface area contributed by atoms with Crippen molar-refractivity contribution in [2.45, 2.75) is 76.0 Å². The van der Waals surface area contributed by atoms with Crippen LogP contribution in [0, 0.1) is 0 Å². The number of benzene rings is 2. The van der Waals surface area contributed by atoms with Gasteiger partial charge in [0.25, 0.3) is 0 Å². The average molecular weight is 520 g/mol. The second-order valence-electron chi connectivity index (χ2n) is 10.5. The van der Waals surface area contributed by atoms with Crippen LogP contribution in [-0.4, -0.2) is 27.9 Å². The predicted octanol–water partition coefficient (Wildman–Crippen LogP) is 6.43. The zero-order valence-electron chi connectivity index (χ0n) is 21.8. The van der Waals surface area contributed by atoms with Crippen LogP contribution in [0.5, 0.6) is 5.88 Å². The van der Waals surface area contributed by atoms with Gasteiger partial charge in [-0.1, -0.05) is 48.2 Å². The minimum absolute atomic E-state index is 0.372. The van der Waals surface area contributed by atoms with Gasteiger partial charge in [-0.05, 0) is 75.1 Å². The molecule has 1 amide bonds. The van der Waals surface area contributed by atoms with E-state index in [2.05, 4.69) is 16.4 Å². The molecule has 194 valence electrons. The van der Waals surface area contributed by atoms with Crippen LogP contribution in [0.4, 0.5) is 10.5 Å². The summed E-state index contributed by atoms with van der Waals surface area (Å²) >= 11 is 1.51. The Morgan fingerprint density at radius 2 is 1.97 bits per heavy atom. The van der Waals surface area contributed by atoms with E-state index in [0.717, 1.165) is 41.6 Å². The van der Waals surface area contributed by atoms with Gasteiger partial charge in [0.1, 0.15) is 12.2 Å². The number of rotatable bonds is 5. The molecule has 0 radical (unpaired) electrons. The lowest BCUT2D eigenvalue weighted by atomic mass is 9.74. The van der Waals surface area contributed by atoms with Crippen LogP contribution in [-0.2, 0) is 41.1 Å². The quantitative estimate of drug-likeness (QED) is 0.307. The van der Waals surface area contributed by atoms with Crippen LogP contribution in [0.1, 0.15) is 61.6 Å². The molecule has 3 aromatic rings. The molecule has 2 heterocycles. The third-order valence-electron chi connectivity index (χ3n) is 6.65. The smallest absolute Gasteiger partial charge is 0.412 e. The van der Waals surface area contributed by atoms with Gasteiger partial charge in [0.05, 0.1) is 23.5 Å². The lowest BCUT2D eigenvalue weighted by Gasteiger charge is -2.42. The molecule has 8 heteroatoms. The van der Waals surface area contributed by atoms with E-state index < -0.39 is 17.3 Å². The predicted molar refractivity (Wildman–Crippen MR) is 144 cm³/mol. The molecule has 2 aromatic carbocycles. The molecule has 7 nitrogen and oxygen atoms in total. The zero-order chi connectivity index (χ0) is 26.0. The number of fused-ring (bicyclic) bond motifs is 3. The molecular weight excluding hydrogens is 486 g/mol. The van der Waals surface area contributed by atoms with Crippen LogP contribution >= 0.6 is 11.8 Å². The Balaban J connectivity index is 1.43. The van der Waals surface area contributed by atoms with Gasteiger partial charge in [0, 0.05) is 12.1 Å². The molecule has 1 unspecified atom stereocenters. The normalized spacial score (nSPS) is 18.6. The number of amides is 1. The van der Waals surface area contributed by atoms with E-state index in [1.165, 1.54) is 17.3 Å². The fraction of sp³-hybridized carbons (Fsp3) is 0.414. The summed E-state index contributed by atoms with van der Waals surface area (Å²) in [6.45, 7) is 6.36. The number of thioether (sulfide) groups is 1. The van der Waals surface area contributed by atoms with Gasteiger partial charge in [-0.25, -0.2) is 9.78 Å². The van der Waals surface area contributed by atoms with Crippen molar-refractivity contribution in [3.63, 3.8) is 0 Å². The second kappa shape index (κ2) is 10.3. The third-order valence-corrected chi connectivity index (χ3v) is 7.20. The monoisotopic (exact) mass is 519 g/mol. The van der Waals surface area contributed by atoms with Gasteiger partial charge in [0.2, 0.25) is 5.88 Å². The number of hydrogen-bond acceptors (Lipinski definition) is 7. The highest BCUT2D eigenvalue weighted by molar-refractivity contribution is 7.98. The minimum atomic E-state index is -0.565. The Kier molecular flexibility index (Phi) is 7.14. The zero-order valence-corrected chi connectivity index (χ0v) is 22.6. The number of carbonyl (C=O) groups is 1. The topological polar surface area (TPSA) is 82.6 Å². The molecule has 0 fully saturated rings. The molecule has 5 rings (SSSR count). The molecule has 0 saturated carbocycles. The van der Waals surface area contributed by atoms with Crippen molar-refractivity contribution in [3.8, 4) is 5.88 Å². The van der Waals surface area contributed by atoms with E-state index >= 15 is 0 Å². The van der Waals surface area contributed by atoms with E-state index in [-0.39, 0.29) is 0 Å². The number of ether oxygens (including phenoxy) is 3. The third kappa shape index (κ3) is 5.75. The first-order valence-corrected chi connectivity index (χ1v) is 13.8. The van der Waals surface area contributed by atoms with Crippen LogP contribution in [0.15, 0.2) is 53.7 Å². The Morgan fingerprint density at radius 1 is 1.16 bits per heavy atom. The SMILES string of the molecule is CSc1nc2c(c(OCc3ccccc3)n1)COC1(CCCc3ccc(NC(=O)OC(C)(C)C)cc31)C2. The molecule has 37 heavy (non-hydrogen) atoms. The summed E-state index contributed by atoms with van der Waals surface area (Å²) in [4.78, 5) is 21.9. The lowest BCUT2D eigenvalue weighted by molar-refractivity contribution is -0.0867. The summed E-state index contributed by atoms with van der Waals surface area (Å²) in [5.74, 6) is 0.587. The summed E-state index contributed by atoms with van der Waals surface area (Å²) in [6, 6.07) is 16.1. The molecular formula is C29H33N3O4S. The van der Waals surface area contributed by atoms with Crippen molar-refractivity contribution in [3.05, 3.63) is 76.5 Å². The van der Waals surface area contributed by atoms with Crippen molar-refractivity contribution >= 4 is 23.5 Å². The molecule has 1 spiro atoms.